The molecule has 0 fully saturated rings. The lowest BCUT2D eigenvalue weighted by molar-refractivity contribution is 0.305. The van der Waals surface area contributed by atoms with Crippen LogP contribution in [0.4, 0.5) is 0 Å². The lowest BCUT2D eigenvalue weighted by atomic mass is 9.88. The molecule has 0 aliphatic rings. The normalized spacial score (nSPS) is 12.9. The summed E-state index contributed by atoms with van der Waals surface area (Å²) >= 11 is 5.22. The van der Waals surface area contributed by atoms with E-state index in [-0.39, 0.29) is 11.3 Å². The van der Waals surface area contributed by atoms with E-state index >= 15 is 0 Å². The van der Waals surface area contributed by atoms with Gasteiger partial charge in [-0.05, 0) is 54.0 Å². The maximum atomic E-state index is 8.66. The number of nitrogens with two attached hydrogens (primary N) is 1. The lowest BCUT2D eigenvalue weighted by Crippen LogP contribution is -2.35. The highest BCUT2D eigenvalue weighted by atomic mass is 79.9. The van der Waals surface area contributed by atoms with Crippen molar-refractivity contribution in [2.75, 3.05) is 13.1 Å². The fourth-order valence-corrected chi connectivity index (χ4v) is 2.97. The predicted molar refractivity (Wildman–Crippen MR) is 80.4 cm³/mol. The van der Waals surface area contributed by atoms with E-state index in [0.29, 0.717) is 0 Å². The zero-order chi connectivity index (χ0) is 13.6. The van der Waals surface area contributed by atoms with Crippen LogP contribution < -0.4 is 11.1 Å². The second-order valence-corrected chi connectivity index (χ2v) is 7.37. The van der Waals surface area contributed by atoms with Gasteiger partial charge in [0.2, 0.25) is 0 Å². The molecule has 0 unspecified atom stereocenters. The Balaban J connectivity index is 2.19. The molecular formula is C12H20BrN3OS. The molecule has 0 saturated heterocycles. The van der Waals surface area contributed by atoms with Crippen molar-refractivity contribution in [2.45, 2.75) is 26.7 Å². The van der Waals surface area contributed by atoms with Crippen LogP contribution in [0, 0.1) is 5.41 Å². The standard InChI is InChI=1S/C12H20BrN3OS/c1-12(2,11(14)16-17)6-8-15-7-5-9-3-4-10(13)18-9/h3-4,15,17H,5-8H2,1-2H3,(H2,14,16). The van der Waals surface area contributed by atoms with Gasteiger partial charge in [-0.3, -0.25) is 0 Å². The van der Waals surface area contributed by atoms with Crippen molar-refractivity contribution < 1.29 is 5.21 Å². The minimum absolute atomic E-state index is 0.270. The third-order valence-electron chi connectivity index (χ3n) is 2.90. The Morgan fingerprint density at radius 2 is 2.22 bits per heavy atom. The number of oxime groups is 1. The average Bonchev–Trinajstić information content (AvgIpc) is 2.73. The van der Waals surface area contributed by atoms with E-state index in [1.165, 1.54) is 8.66 Å². The Morgan fingerprint density at radius 1 is 1.50 bits per heavy atom. The highest BCUT2D eigenvalue weighted by Gasteiger charge is 2.22. The van der Waals surface area contributed by atoms with Crippen LogP contribution in [0.15, 0.2) is 21.1 Å². The first kappa shape index (κ1) is 15.5. The summed E-state index contributed by atoms with van der Waals surface area (Å²) in [7, 11) is 0. The number of hydrogen-bond acceptors (Lipinski definition) is 4. The Morgan fingerprint density at radius 3 is 2.78 bits per heavy atom. The molecule has 0 saturated carbocycles. The summed E-state index contributed by atoms with van der Waals surface area (Å²) in [5.74, 6) is 0.284. The summed E-state index contributed by atoms with van der Waals surface area (Å²) in [5.41, 5.74) is 5.36. The molecule has 0 radical (unpaired) electrons. The smallest absolute Gasteiger partial charge is 0.144 e. The summed E-state index contributed by atoms with van der Waals surface area (Å²) in [5, 5.41) is 15.1. The number of halogens is 1. The Bertz CT molecular complexity index is 404. The van der Waals surface area contributed by atoms with Gasteiger partial charge in [0.25, 0.3) is 0 Å². The summed E-state index contributed by atoms with van der Waals surface area (Å²) in [6, 6.07) is 4.21. The zero-order valence-corrected chi connectivity index (χ0v) is 13.1. The van der Waals surface area contributed by atoms with E-state index in [0.717, 1.165) is 25.9 Å². The van der Waals surface area contributed by atoms with Crippen LogP contribution in [0.3, 0.4) is 0 Å². The van der Waals surface area contributed by atoms with E-state index < -0.39 is 0 Å². The largest absolute Gasteiger partial charge is 0.409 e. The number of amidine groups is 1. The summed E-state index contributed by atoms with van der Waals surface area (Å²) in [4.78, 5) is 1.37. The van der Waals surface area contributed by atoms with Crippen LogP contribution in [0.5, 0.6) is 0 Å². The fourth-order valence-electron chi connectivity index (χ4n) is 1.49. The molecule has 4 N–H and O–H groups in total. The van der Waals surface area contributed by atoms with Gasteiger partial charge in [-0.2, -0.15) is 0 Å². The maximum Gasteiger partial charge on any atom is 0.144 e. The van der Waals surface area contributed by atoms with Gasteiger partial charge in [0, 0.05) is 10.3 Å². The number of nitrogens with one attached hydrogen (secondary N) is 1. The molecule has 0 spiro atoms. The van der Waals surface area contributed by atoms with E-state index in [2.05, 4.69) is 38.5 Å². The van der Waals surface area contributed by atoms with Crippen molar-refractivity contribution >= 4 is 33.1 Å². The van der Waals surface area contributed by atoms with Crippen LogP contribution >= 0.6 is 27.3 Å². The second kappa shape index (κ2) is 7.11. The number of hydrogen-bond donors (Lipinski definition) is 3. The van der Waals surface area contributed by atoms with Gasteiger partial charge in [-0.25, -0.2) is 0 Å². The molecule has 18 heavy (non-hydrogen) atoms. The molecule has 1 heterocycles. The quantitative estimate of drug-likeness (QED) is 0.236. The van der Waals surface area contributed by atoms with Gasteiger partial charge in [-0.1, -0.05) is 19.0 Å². The molecule has 102 valence electrons. The second-order valence-electron chi connectivity index (χ2n) is 4.82. The molecule has 1 aromatic heterocycles. The van der Waals surface area contributed by atoms with Crippen molar-refractivity contribution in [3.8, 4) is 0 Å². The Hall–Kier alpha value is -0.590. The van der Waals surface area contributed by atoms with E-state index in [1.54, 1.807) is 11.3 Å². The van der Waals surface area contributed by atoms with Crippen molar-refractivity contribution in [2.24, 2.45) is 16.3 Å². The van der Waals surface area contributed by atoms with E-state index in [9.17, 15) is 0 Å². The highest BCUT2D eigenvalue weighted by Crippen LogP contribution is 2.22. The van der Waals surface area contributed by atoms with Crippen LogP contribution in [-0.4, -0.2) is 24.1 Å². The van der Waals surface area contributed by atoms with Crippen LogP contribution in [0.1, 0.15) is 25.1 Å². The average molecular weight is 334 g/mol. The molecule has 0 aliphatic carbocycles. The summed E-state index contributed by atoms with van der Waals surface area (Å²) in [6.45, 7) is 5.75. The molecule has 4 nitrogen and oxygen atoms in total. The van der Waals surface area contributed by atoms with Crippen molar-refractivity contribution in [3.63, 3.8) is 0 Å². The van der Waals surface area contributed by atoms with Gasteiger partial charge >= 0.3 is 0 Å². The van der Waals surface area contributed by atoms with Crippen LogP contribution in [0.2, 0.25) is 0 Å². The monoisotopic (exact) mass is 333 g/mol. The highest BCUT2D eigenvalue weighted by molar-refractivity contribution is 9.11. The van der Waals surface area contributed by atoms with Crippen molar-refractivity contribution in [1.29, 1.82) is 0 Å². The molecule has 1 rings (SSSR count). The third-order valence-corrected chi connectivity index (χ3v) is 4.59. The Labute approximate surface area is 120 Å². The lowest BCUT2D eigenvalue weighted by Gasteiger charge is -2.22. The maximum absolute atomic E-state index is 8.66. The first-order valence-corrected chi connectivity index (χ1v) is 7.49. The van der Waals surface area contributed by atoms with Crippen molar-refractivity contribution in [3.05, 3.63) is 20.8 Å². The number of nitrogens with zero attached hydrogens (tertiary/aromatic N) is 1. The predicted octanol–water partition coefficient (Wildman–Crippen LogP) is 2.81. The molecule has 0 amide bonds. The molecule has 1 aromatic rings. The SMILES string of the molecule is CC(C)(CCNCCc1ccc(Br)s1)/C(N)=N/O. The molecule has 0 atom stereocenters. The van der Waals surface area contributed by atoms with E-state index in [1.807, 2.05) is 13.8 Å². The van der Waals surface area contributed by atoms with Gasteiger partial charge in [0.05, 0.1) is 3.79 Å². The first-order chi connectivity index (χ1) is 8.45. The van der Waals surface area contributed by atoms with Gasteiger partial charge in [0.1, 0.15) is 5.84 Å². The summed E-state index contributed by atoms with van der Waals surface area (Å²) < 4.78 is 1.17. The minimum Gasteiger partial charge on any atom is -0.409 e. The molecular weight excluding hydrogens is 314 g/mol. The molecule has 0 aliphatic heterocycles. The number of thiophene rings is 1. The molecule has 6 heteroatoms. The zero-order valence-electron chi connectivity index (χ0n) is 10.7. The molecule has 0 aromatic carbocycles. The van der Waals surface area contributed by atoms with Crippen LogP contribution in [-0.2, 0) is 6.42 Å². The van der Waals surface area contributed by atoms with Gasteiger partial charge < -0.3 is 16.3 Å². The van der Waals surface area contributed by atoms with E-state index in [4.69, 9.17) is 10.9 Å². The Kier molecular flexibility index (Phi) is 6.11. The molecule has 0 bridgehead atoms. The summed E-state index contributed by atoms with van der Waals surface area (Å²) in [6.07, 6.45) is 1.87. The van der Waals surface area contributed by atoms with Crippen molar-refractivity contribution in [1.82, 2.24) is 5.32 Å². The van der Waals surface area contributed by atoms with Gasteiger partial charge in [-0.15, -0.1) is 11.3 Å². The minimum atomic E-state index is -0.270. The van der Waals surface area contributed by atoms with Crippen LogP contribution in [0.25, 0.3) is 0 Å². The van der Waals surface area contributed by atoms with Gasteiger partial charge in [0.15, 0.2) is 0 Å². The topological polar surface area (TPSA) is 70.6 Å². The fraction of sp³-hybridized carbons (Fsp3) is 0.583. The third kappa shape index (κ3) is 4.96. The first-order valence-electron chi connectivity index (χ1n) is 5.88. The number of rotatable bonds is 7.